The van der Waals surface area contributed by atoms with Gasteiger partial charge in [-0.25, -0.2) is 0 Å². The van der Waals surface area contributed by atoms with E-state index in [0.717, 1.165) is 6.54 Å². The van der Waals surface area contributed by atoms with E-state index >= 15 is 0 Å². The highest BCUT2D eigenvalue weighted by Crippen LogP contribution is 2.07. The van der Waals surface area contributed by atoms with E-state index in [1.807, 2.05) is 25.6 Å². The molecule has 1 rings (SSSR count). The van der Waals surface area contributed by atoms with E-state index in [9.17, 15) is 0 Å². The highest BCUT2D eigenvalue weighted by molar-refractivity contribution is 7.09. The molecular weight excluding hydrogens is 168 g/mol. The van der Waals surface area contributed by atoms with Gasteiger partial charge in [0.25, 0.3) is 0 Å². The molecule has 3 heteroatoms. The fraction of sp³-hybridized carbons (Fsp3) is 0.444. The van der Waals surface area contributed by atoms with Crippen molar-refractivity contribution in [3.63, 3.8) is 0 Å². The van der Waals surface area contributed by atoms with Crippen LogP contribution >= 0.6 is 11.3 Å². The summed E-state index contributed by atoms with van der Waals surface area (Å²) in [4.78, 5) is 5.18. The quantitative estimate of drug-likeness (QED) is 0.715. The Morgan fingerprint density at radius 3 is 3.00 bits per heavy atom. The molecule has 0 aromatic carbocycles. The number of aromatic nitrogens is 1. The molecule has 0 aliphatic rings. The van der Waals surface area contributed by atoms with Gasteiger partial charge in [-0.1, -0.05) is 5.92 Å². The molecule has 64 valence electrons. The fourth-order valence-corrected chi connectivity index (χ4v) is 1.22. The van der Waals surface area contributed by atoms with E-state index in [4.69, 9.17) is 6.42 Å². The molecule has 12 heavy (non-hydrogen) atoms. The van der Waals surface area contributed by atoms with E-state index in [1.165, 1.54) is 4.88 Å². The molecule has 1 heterocycles. The van der Waals surface area contributed by atoms with Gasteiger partial charge in [-0.15, -0.1) is 17.8 Å². The number of hydrogen-bond donors (Lipinski definition) is 1. The predicted molar refractivity (Wildman–Crippen MR) is 51.9 cm³/mol. The van der Waals surface area contributed by atoms with Crippen LogP contribution in [0.3, 0.4) is 0 Å². The first kappa shape index (κ1) is 9.24. The monoisotopic (exact) mass is 180 g/mol. The first-order chi connectivity index (χ1) is 5.64. The zero-order valence-electron chi connectivity index (χ0n) is 7.29. The average molecular weight is 180 g/mol. The van der Waals surface area contributed by atoms with Gasteiger partial charge in [-0.3, -0.25) is 10.3 Å². The summed E-state index contributed by atoms with van der Waals surface area (Å²) >= 11 is 1.63. The third kappa shape index (κ3) is 2.65. The predicted octanol–water partition coefficient (Wildman–Crippen LogP) is 1.64. The molecule has 0 radical (unpaired) electrons. The normalized spacial score (nSPS) is 11.1. The van der Waals surface area contributed by atoms with Crippen molar-refractivity contribution in [2.75, 3.05) is 0 Å². The maximum atomic E-state index is 5.32. The Morgan fingerprint density at radius 2 is 2.50 bits per heavy atom. The molecule has 0 spiro atoms. The molecule has 2 nitrogen and oxygen atoms in total. The van der Waals surface area contributed by atoms with Crippen LogP contribution in [0.25, 0.3) is 0 Å². The summed E-state index contributed by atoms with van der Waals surface area (Å²) in [5, 5.41) is 3.25. The second kappa shape index (κ2) is 3.70. The van der Waals surface area contributed by atoms with Gasteiger partial charge in [0.1, 0.15) is 0 Å². The van der Waals surface area contributed by atoms with E-state index in [1.54, 1.807) is 11.3 Å². The second-order valence-electron chi connectivity index (χ2n) is 3.09. The smallest absolute Gasteiger partial charge is 0.0794 e. The molecule has 1 aromatic rings. The lowest BCUT2D eigenvalue weighted by Gasteiger charge is -2.18. The lowest BCUT2D eigenvalue weighted by molar-refractivity contribution is 0.493. The summed E-state index contributed by atoms with van der Waals surface area (Å²) in [7, 11) is 0. The number of nitrogens with zero attached hydrogens (tertiary/aromatic N) is 1. The van der Waals surface area contributed by atoms with Gasteiger partial charge in [0, 0.05) is 17.6 Å². The molecule has 0 aliphatic heterocycles. The lowest BCUT2D eigenvalue weighted by atomic mass is 10.1. The zero-order chi connectivity index (χ0) is 9.03. The lowest BCUT2D eigenvalue weighted by Crippen LogP contribution is -2.36. The van der Waals surface area contributed by atoms with Gasteiger partial charge < -0.3 is 0 Å². The van der Waals surface area contributed by atoms with Crippen LogP contribution in [-0.2, 0) is 6.54 Å². The minimum Gasteiger partial charge on any atom is -0.297 e. The number of thiazole rings is 1. The maximum absolute atomic E-state index is 5.32. The van der Waals surface area contributed by atoms with Crippen molar-refractivity contribution in [3.05, 3.63) is 16.6 Å². The average Bonchev–Trinajstić information content (AvgIpc) is 2.53. The number of rotatable bonds is 3. The first-order valence-electron chi connectivity index (χ1n) is 3.74. The van der Waals surface area contributed by atoms with Gasteiger partial charge in [-0.05, 0) is 13.8 Å². The van der Waals surface area contributed by atoms with Crippen LogP contribution in [0.5, 0.6) is 0 Å². The summed E-state index contributed by atoms with van der Waals surface area (Å²) in [6.45, 7) is 4.75. The van der Waals surface area contributed by atoms with Crippen LogP contribution in [0.15, 0.2) is 11.7 Å². The van der Waals surface area contributed by atoms with Crippen LogP contribution in [0.4, 0.5) is 0 Å². The highest BCUT2D eigenvalue weighted by Gasteiger charge is 2.11. The fourth-order valence-electron chi connectivity index (χ4n) is 0.689. The Hall–Kier alpha value is -0.850. The SMILES string of the molecule is C#CC(C)(C)NCc1cncs1. The zero-order valence-corrected chi connectivity index (χ0v) is 8.11. The Kier molecular flexibility index (Phi) is 2.85. The summed E-state index contributed by atoms with van der Waals surface area (Å²) in [6.07, 6.45) is 7.17. The molecule has 0 bridgehead atoms. The van der Waals surface area contributed by atoms with E-state index in [-0.39, 0.29) is 5.54 Å². The van der Waals surface area contributed by atoms with Crippen molar-refractivity contribution in [1.29, 1.82) is 0 Å². The Balaban J connectivity index is 2.42. The largest absolute Gasteiger partial charge is 0.297 e. The van der Waals surface area contributed by atoms with Crippen molar-refractivity contribution >= 4 is 11.3 Å². The molecule has 0 saturated carbocycles. The maximum Gasteiger partial charge on any atom is 0.0794 e. The van der Waals surface area contributed by atoms with Gasteiger partial charge in [0.2, 0.25) is 0 Å². The summed E-state index contributed by atoms with van der Waals surface area (Å²) < 4.78 is 0. The van der Waals surface area contributed by atoms with Crippen LogP contribution < -0.4 is 5.32 Å². The van der Waals surface area contributed by atoms with Gasteiger partial charge in [0.05, 0.1) is 11.0 Å². The van der Waals surface area contributed by atoms with Crippen molar-refractivity contribution in [2.45, 2.75) is 25.9 Å². The van der Waals surface area contributed by atoms with Crippen molar-refractivity contribution < 1.29 is 0 Å². The Bertz CT molecular complexity index is 269. The third-order valence-corrected chi connectivity index (χ3v) is 2.33. The Morgan fingerprint density at radius 1 is 1.75 bits per heavy atom. The van der Waals surface area contributed by atoms with Gasteiger partial charge in [-0.2, -0.15) is 0 Å². The van der Waals surface area contributed by atoms with Crippen molar-refractivity contribution in [3.8, 4) is 12.3 Å². The minimum atomic E-state index is -0.232. The summed E-state index contributed by atoms with van der Waals surface area (Å²) in [5.41, 5.74) is 1.59. The van der Waals surface area contributed by atoms with Crippen molar-refractivity contribution in [2.24, 2.45) is 0 Å². The number of hydrogen-bond acceptors (Lipinski definition) is 3. The Labute approximate surface area is 77.0 Å². The molecule has 0 atom stereocenters. The summed E-state index contributed by atoms with van der Waals surface area (Å²) in [5.74, 6) is 2.68. The molecule has 0 saturated heterocycles. The molecule has 0 aliphatic carbocycles. The van der Waals surface area contributed by atoms with Crippen LogP contribution in [0.1, 0.15) is 18.7 Å². The van der Waals surface area contributed by atoms with Crippen molar-refractivity contribution in [1.82, 2.24) is 10.3 Å². The molecular formula is C9H12N2S. The molecule has 0 unspecified atom stereocenters. The van der Waals surface area contributed by atoms with E-state index in [2.05, 4.69) is 16.2 Å². The number of terminal acetylenes is 1. The molecule has 1 N–H and O–H groups in total. The topological polar surface area (TPSA) is 24.9 Å². The van der Waals surface area contributed by atoms with Gasteiger partial charge >= 0.3 is 0 Å². The summed E-state index contributed by atoms with van der Waals surface area (Å²) in [6, 6.07) is 0. The van der Waals surface area contributed by atoms with E-state index in [0.29, 0.717) is 0 Å². The minimum absolute atomic E-state index is 0.232. The molecule has 1 aromatic heterocycles. The highest BCUT2D eigenvalue weighted by atomic mass is 32.1. The van der Waals surface area contributed by atoms with E-state index < -0.39 is 0 Å². The van der Waals surface area contributed by atoms with Crippen LogP contribution in [0, 0.1) is 12.3 Å². The molecule has 0 amide bonds. The van der Waals surface area contributed by atoms with Crippen LogP contribution in [-0.4, -0.2) is 10.5 Å². The second-order valence-corrected chi connectivity index (χ2v) is 4.06. The molecule has 0 fully saturated rings. The first-order valence-corrected chi connectivity index (χ1v) is 4.62. The third-order valence-electron chi connectivity index (χ3n) is 1.55. The van der Waals surface area contributed by atoms with Gasteiger partial charge in [0.15, 0.2) is 0 Å². The number of nitrogens with one attached hydrogen (secondary N) is 1. The van der Waals surface area contributed by atoms with Crippen LogP contribution in [0.2, 0.25) is 0 Å². The standard InChI is InChI=1S/C9H12N2S/c1-4-9(2,3)11-6-8-5-10-7-12-8/h1,5,7,11H,6H2,2-3H3.